The van der Waals surface area contributed by atoms with Crippen LogP contribution in [0.1, 0.15) is 11.6 Å². The standard InChI is InChI=1S/C14H19F3N2O/c15-14(16,17)11-18-13(12-4-2-1-3-5-12)10-19-6-8-20-9-7-19/h1-5,13,18H,6-11H2. The van der Waals surface area contributed by atoms with E-state index >= 15 is 0 Å². The van der Waals surface area contributed by atoms with E-state index in [0.29, 0.717) is 19.8 Å². The van der Waals surface area contributed by atoms with Crippen LogP contribution in [0.4, 0.5) is 13.2 Å². The van der Waals surface area contributed by atoms with Gasteiger partial charge in [-0.1, -0.05) is 30.3 Å². The number of hydrogen-bond donors (Lipinski definition) is 1. The van der Waals surface area contributed by atoms with Crippen LogP contribution in [-0.2, 0) is 4.74 Å². The maximum absolute atomic E-state index is 12.4. The number of halogens is 3. The largest absolute Gasteiger partial charge is 0.401 e. The van der Waals surface area contributed by atoms with Crippen molar-refractivity contribution in [2.24, 2.45) is 0 Å². The number of ether oxygens (including phenoxy) is 1. The average Bonchev–Trinajstić information content (AvgIpc) is 2.44. The van der Waals surface area contributed by atoms with E-state index in [-0.39, 0.29) is 6.04 Å². The fraction of sp³-hybridized carbons (Fsp3) is 0.571. The van der Waals surface area contributed by atoms with Crippen molar-refractivity contribution >= 4 is 0 Å². The second kappa shape index (κ2) is 7.06. The van der Waals surface area contributed by atoms with Gasteiger partial charge >= 0.3 is 6.18 Å². The maximum atomic E-state index is 12.4. The molecule has 20 heavy (non-hydrogen) atoms. The molecule has 112 valence electrons. The molecule has 1 unspecified atom stereocenters. The second-order valence-electron chi connectivity index (χ2n) is 4.87. The molecular formula is C14H19F3N2O. The molecule has 0 aliphatic carbocycles. The van der Waals surface area contributed by atoms with Crippen LogP contribution in [-0.4, -0.2) is 50.5 Å². The molecule has 1 aromatic carbocycles. The van der Waals surface area contributed by atoms with Gasteiger partial charge in [-0.3, -0.25) is 4.90 Å². The molecule has 1 atom stereocenters. The van der Waals surface area contributed by atoms with Crippen LogP contribution in [0.25, 0.3) is 0 Å². The number of nitrogens with zero attached hydrogens (tertiary/aromatic N) is 1. The molecule has 1 fully saturated rings. The van der Waals surface area contributed by atoms with Gasteiger partial charge in [0.05, 0.1) is 19.8 Å². The van der Waals surface area contributed by atoms with Gasteiger partial charge in [0.25, 0.3) is 0 Å². The van der Waals surface area contributed by atoms with E-state index in [9.17, 15) is 13.2 Å². The summed E-state index contributed by atoms with van der Waals surface area (Å²) in [7, 11) is 0. The van der Waals surface area contributed by atoms with Gasteiger partial charge < -0.3 is 10.1 Å². The fourth-order valence-electron chi connectivity index (χ4n) is 2.25. The number of hydrogen-bond acceptors (Lipinski definition) is 3. The first-order valence-electron chi connectivity index (χ1n) is 6.70. The van der Waals surface area contributed by atoms with Gasteiger partial charge in [-0.2, -0.15) is 13.2 Å². The fourth-order valence-corrected chi connectivity index (χ4v) is 2.25. The highest BCUT2D eigenvalue weighted by molar-refractivity contribution is 5.19. The summed E-state index contributed by atoms with van der Waals surface area (Å²) in [6.07, 6.45) is -4.20. The van der Waals surface area contributed by atoms with Crippen LogP contribution in [0, 0.1) is 0 Å². The molecule has 6 heteroatoms. The van der Waals surface area contributed by atoms with E-state index in [2.05, 4.69) is 10.2 Å². The van der Waals surface area contributed by atoms with E-state index < -0.39 is 12.7 Å². The number of morpholine rings is 1. The Morgan fingerprint density at radius 2 is 1.80 bits per heavy atom. The van der Waals surface area contributed by atoms with E-state index in [1.807, 2.05) is 30.3 Å². The summed E-state index contributed by atoms with van der Waals surface area (Å²) in [5.41, 5.74) is 0.878. The lowest BCUT2D eigenvalue weighted by Gasteiger charge is -2.31. The molecule has 0 amide bonds. The summed E-state index contributed by atoms with van der Waals surface area (Å²) in [5.74, 6) is 0. The van der Waals surface area contributed by atoms with Crippen molar-refractivity contribution in [3.8, 4) is 0 Å². The molecule has 1 saturated heterocycles. The number of rotatable bonds is 5. The van der Waals surface area contributed by atoms with Gasteiger partial charge in [-0.15, -0.1) is 0 Å². The highest BCUT2D eigenvalue weighted by Gasteiger charge is 2.29. The Kier molecular flexibility index (Phi) is 5.39. The van der Waals surface area contributed by atoms with Gasteiger partial charge in [0.15, 0.2) is 0 Å². The molecule has 0 spiro atoms. The molecule has 1 aromatic rings. The first kappa shape index (κ1) is 15.3. The Morgan fingerprint density at radius 1 is 1.15 bits per heavy atom. The van der Waals surface area contributed by atoms with Crippen molar-refractivity contribution in [3.63, 3.8) is 0 Å². The molecule has 1 N–H and O–H groups in total. The minimum Gasteiger partial charge on any atom is -0.379 e. The Bertz CT molecular complexity index is 391. The number of alkyl halides is 3. The zero-order valence-electron chi connectivity index (χ0n) is 11.2. The highest BCUT2D eigenvalue weighted by atomic mass is 19.4. The van der Waals surface area contributed by atoms with Crippen molar-refractivity contribution in [2.75, 3.05) is 39.4 Å². The first-order valence-corrected chi connectivity index (χ1v) is 6.70. The maximum Gasteiger partial charge on any atom is 0.401 e. The van der Waals surface area contributed by atoms with Crippen molar-refractivity contribution in [2.45, 2.75) is 12.2 Å². The van der Waals surface area contributed by atoms with Crippen LogP contribution >= 0.6 is 0 Å². The minimum atomic E-state index is -4.20. The minimum absolute atomic E-state index is 0.323. The van der Waals surface area contributed by atoms with Gasteiger partial charge in [-0.05, 0) is 5.56 Å². The molecule has 1 heterocycles. The van der Waals surface area contributed by atoms with Crippen LogP contribution < -0.4 is 5.32 Å². The van der Waals surface area contributed by atoms with Crippen LogP contribution in [0.3, 0.4) is 0 Å². The van der Waals surface area contributed by atoms with E-state index in [1.54, 1.807) is 0 Å². The zero-order valence-corrected chi connectivity index (χ0v) is 11.2. The molecule has 0 aromatic heterocycles. The third-order valence-electron chi connectivity index (χ3n) is 3.30. The predicted octanol–water partition coefficient (Wildman–Crippen LogP) is 2.21. The molecule has 0 saturated carbocycles. The topological polar surface area (TPSA) is 24.5 Å². The van der Waals surface area contributed by atoms with Crippen molar-refractivity contribution in [1.29, 1.82) is 0 Å². The van der Waals surface area contributed by atoms with Crippen molar-refractivity contribution in [3.05, 3.63) is 35.9 Å². The van der Waals surface area contributed by atoms with Gasteiger partial charge in [0.1, 0.15) is 0 Å². The smallest absolute Gasteiger partial charge is 0.379 e. The Hall–Kier alpha value is -1.11. The normalized spacial score (nSPS) is 18.9. The molecule has 2 rings (SSSR count). The molecule has 0 bridgehead atoms. The van der Waals surface area contributed by atoms with Gasteiger partial charge in [-0.25, -0.2) is 0 Å². The third kappa shape index (κ3) is 5.11. The second-order valence-corrected chi connectivity index (χ2v) is 4.87. The summed E-state index contributed by atoms with van der Waals surface area (Å²) >= 11 is 0. The number of nitrogens with one attached hydrogen (secondary N) is 1. The Morgan fingerprint density at radius 3 is 2.40 bits per heavy atom. The quantitative estimate of drug-likeness (QED) is 0.899. The molecule has 0 radical (unpaired) electrons. The monoisotopic (exact) mass is 288 g/mol. The van der Waals surface area contributed by atoms with Crippen LogP contribution in [0.5, 0.6) is 0 Å². The lowest BCUT2D eigenvalue weighted by molar-refractivity contribution is -0.126. The predicted molar refractivity (Wildman–Crippen MR) is 70.5 cm³/mol. The Labute approximate surface area is 116 Å². The molecule has 3 nitrogen and oxygen atoms in total. The molecule has 1 aliphatic heterocycles. The first-order chi connectivity index (χ1) is 9.54. The van der Waals surface area contributed by atoms with E-state index in [1.165, 1.54) is 0 Å². The Balaban J connectivity index is 1.99. The molecule has 1 aliphatic rings. The summed E-state index contributed by atoms with van der Waals surface area (Å²) in [4.78, 5) is 2.13. The SMILES string of the molecule is FC(F)(F)CNC(CN1CCOCC1)c1ccccc1. The van der Waals surface area contributed by atoms with Crippen molar-refractivity contribution < 1.29 is 17.9 Å². The van der Waals surface area contributed by atoms with E-state index in [4.69, 9.17) is 4.74 Å². The van der Waals surface area contributed by atoms with Gasteiger partial charge in [0, 0.05) is 25.7 Å². The molecular weight excluding hydrogens is 269 g/mol. The van der Waals surface area contributed by atoms with E-state index in [0.717, 1.165) is 18.7 Å². The summed E-state index contributed by atoms with van der Waals surface area (Å²) in [5, 5.41) is 2.62. The van der Waals surface area contributed by atoms with Crippen LogP contribution in [0.2, 0.25) is 0 Å². The zero-order chi connectivity index (χ0) is 14.4. The average molecular weight is 288 g/mol. The number of benzene rings is 1. The van der Waals surface area contributed by atoms with Crippen LogP contribution in [0.15, 0.2) is 30.3 Å². The summed E-state index contributed by atoms with van der Waals surface area (Å²) < 4.78 is 42.5. The lowest BCUT2D eigenvalue weighted by atomic mass is 10.1. The van der Waals surface area contributed by atoms with Crippen molar-refractivity contribution in [1.82, 2.24) is 10.2 Å². The lowest BCUT2D eigenvalue weighted by Crippen LogP contribution is -2.43. The van der Waals surface area contributed by atoms with Gasteiger partial charge in [0.2, 0.25) is 0 Å². The summed E-state index contributed by atoms with van der Waals surface area (Å²) in [6.45, 7) is 2.38. The summed E-state index contributed by atoms with van der Waals surface area (Å²) in [6, 6.07) is 8.94. The third-order valence-corrected chi connectivity index (χ3v) is 3.30. The highest BCUT2D eigenvalue weighted by Crippen LogP contribution is 2.19.